The minimum Gasteiger partial charge on any atom is -0.372 e. The highest BCUT2D eigenvalue weighted by Crippen LogP contribution is 2.14. The number of carbonyl (C=O) groups excluding carboxylic acids is 1. The minimum absolute atomic E-state index is 0.285. The maximum absolute atomic E-state index is 11.3. The first-order valence-corrected chi connectivity index (χ1v) is 5.36. The second-order valence-corrected chi connectivity index (χ2v) is 4.07. The number of hydrogen-bond donors (Lipinski definition) is 0. The highest BCUT2D eigenvalue weighted by molar-refractivity contribution is 5.80. The van der Waals surface area contributed by atoms with E-state index in [1.54, 1.807) is 0 Å². The number of ketones is 1. The Hall–Kier alpha value is -1.25. The van der Waals surface area contributed by atoms with Gasteiger partial charge in [0.05, 0.1) is 13.1 Å². The summed E-state index contributed by atoms with van der Waals surface area (Å²) in [6.07, 6.45) is 4.80. The van der Waals surface area contributed by atoms with Crippen molar-refractivity contribution in [2.24, 2.45) is 0 Å². The Bertz CT molecular complexity index is 305. The van der Waals surface area contributed by atoms with Gasteiger partial charge in [0.1, 0.15) is 0 Å². The number of carbonyl (C=O) groups is 1. The molecule has 0 spiro atoms. The predicted octanol–water partition coefficient (Wildman–Crippen LogP) is 1.63. The van der Waals surface area contributed by atoms with Crippen molar-refractivity contribution in [2.45, 2.75) is 20.3 Å². The van der Waals surface area contributed by atoms with Crippen LogP contribution < -0.4 is 0 Å². The standard InChI is InChI=1S/C12H20N2O/c1-5-12(15)9-14(4)11-7-6-10(2)13(3)8-11/h6-7H,5,8-9H2,1-4H3. The Morgan fingerprint density at radius 1 is 1.53 bits per heavy atom. The Morgan fingerprint density at radius 3 is 2.73 bits per heavy atom. The molecule has 0 N–H and O–H groups in total. The van der Waals surface area contributed by atoms with Gasteiger partial charge in [-0.05, 0) is 19.1 Å². The summed E-state index contributed by atoms with van der Waals surface area (Å²) >= 11 is 0. The second-order valence-electron chi connectivity index (χ2n) is 4.07. The number of allylic oxidation sites excluding steroid dienone is 3. The first-order valence-electron chi connectivity index (χ1n) is 5.36. The molecule has 0 atom stereocenters. The summed E-state index contributed by atoms with van der Waals surface area (Å²) < 4.78 is 0. The smallest absolute Gasteiger partial charge is 0.151 e. The van der Waals surface area contributed by atoms with Crippen LogP contribution in [0.1, 0.15) is 20.3 Å². The molecule has 3 nitrogen and oxygen atoms in total. The van der Waals surface area contributed by atoms with Crippen LogP contribution in [0, 0.1) is 0 Å². The first-order chi connectivity index (χ1) is 7.04. The van der Waals surface area contributed by atoms with Crippen molar-refractivity contribution in [3.05, 3.63) is 23.5 Å². The van der Waals surface area contributed by atoms with Gasteiger partial charge in [0.2, 0.25) is 0 Å². The van der Waals surface area contributed by atoms with Crippen LogP contribution >= 0.6 is 0 Å². The van der Waals surface area contributed by atoms with Crippen LogP contribution in [-0.4, -0.2) is 42.8 Å². The highest BCUT2D eigenvalue weighted by atomic mass is 16.1. The zero-order valence-electron chi connectivity index (χ0n) is 10.1. The number of rotatable bonds is 4. The number of nitrogens with zero attached hydrogens (tertiary/aromatic N) is 2. The monoisotopic (exact) mass is 208 g/mol. The lowest BCUT2D eigenvalue weighted by atomic mass is 10.2. The van der Waals surface area contributed by atoms with Crippen molar-refractivity contribution in [1.82, 2.24) is 9.80 Å². The molecule has 1 aliphatic rings. The summed E-state index contributed by atoms with van der Waals surface area (Å²) in [4.78, 5) is 15.5. The van der Waals surface area contributed by atoms with Crippen LogP contribution in [0.2, 0.25) is 0 Å². The fraction of sp³-hybridized carbons (Fsp3) is 0.583. The Morgan fingerprint density at radius 2 is 2.20 bits per heavy atom. The molecule has 1 heterocycles. The third-order valence-corrected chi connectivity index (χ3v) is 2.82. The van der Waals surface area contributed by atoms with Gasteiger partial charge in [-0.1, -0.05) is 6.92 Å². The Balaban J connectivity index is 2.61. The van der Waals surface area contributed by atoms with Crippen molar-refractivity contribution < 1.29 is 4.79 Å². The van der Waals surface area contributed by atoms with Crippen LogP contribution in [0.15, 0.2) is 23.5 Å². The molecule has 15 heavy (non-hydrogen) atoms. The third kappa shape index (κ3) is 3.11. The molecule has 0 fully saturated rings. The van der Waals surface area contributed by atoms with Gasteiger partial charge in [0.15, 0.2) is 5.78 Å². The van der Waals surface area contributed by atoms with Crippen LogP contribution in [0.3, 0.4) is 0 Å². The molecule has 84 valence electrons. The van der Waals surface area contributed by atoms with Gasteiger partial charge in [0.25, 0.3) is 0 Å². The van der Waals surface area contributed by atoms with Crippen molar-refractivity contribution in [3.63, 3.8) is 0 Å². The largest absolute Gasteiger partial charge is 0.372 e. The van der Waals surface area contributed by atoms with Gasteiger partial charge in [-0.15, -0.1) is 0 Å². The first kappa shape index (κ1) is 11.8. The normalized spacial score (nSPS) is 15.9. The van der Waals surface area contributed by atoms with E-state index in [1.165, 1.54) is 11.4 Å². The van der Waals surface area contributed by atoms with Crippen molar-refractivity contribution in [3.8, 4) is 0 Å². The van der Waals surface area contributed by atoms with Gasteiger partial charge in [-0.2, -0.15) is 0 Å². The summed E-state index contributed by atoms with van der Waals surface area (Å²) in [7, 11) is 4.04. The van der Waals surface area contributed by atoms with Gasteiger partial charge in [-0.25, -0.2) is 0 Å². The zero-order chi connectivity index (χ0) is 11.4. The molecule has 0 unspecified atom stereocenters. The van der Waals surface area contributed by atoms with Crippen LogP contribution in [0.25, 0.3) is 0 Å². The lowest BCUT2D eigenvalue weighted by Gasteiger charge is -2.30. The molecule has 0 aromatic heterocycles. The van der Waals surface area contributed by atoms with E-state index in [0.29, 0.717) is 13.0 Å². The van der Waals surface area contributed by atoms with Crippen LogP contribution in [0.5, 0.6) is 0 Å². The summed E-state index contributed by atoms with van der Waals surface area (Å²) in [5.74, 6) is 0.285. The molecule has 0 aromatic rings. The number of hydrogen-bond acceptors (Lipinski definition) is 3. The third-order valence-electron chi connectivity index (χ3n) is 2.82. The average molecular weight is 208 g/mol. The summed E-state index contributed by atoms with van der Waals surface area (Å²) in [6.45, 7) is 5.39. The molecule has 0 aliphatic carbocycles. The number of likely N-dealkylation sites (N-methyl/N-ethyl adjacent to an activating group) is 2. The number of Topliss-reactive ketones (excluding diaryl/α,β-unsaturated/α-hetero) is 1. The quantitative estimate of drug-likeness (QED) is 0.701. The van der Waals surface area contributed by atoms with E-state index < -0.39 is 0 Å². The predicted molar refractivity (Wildman–Crippen MR) is 62.4 cm³/mol. The van der Waals surface area contributed by atoms with Crippen molar-refractivity contribution >= 4 is 5.78 Å². The maximum Gasteiger partial charge on any atom is 0.151 e. The van der Waals surface area contributed by atoms with E-state index in [0.717, 1.165) is 6.54 Å². The van der Waals surface area contributed by atoms with E-state index >= 15 is 0 Å². The average Bonchev–Trinajstić information content (AvgIpc) is 2.21. The molecular weight excluding hydrogens is 188 g/mol. The highest BCUT2D eigenvalue weighted by Gasteiger charge is 2.13. The minimum atomic E-state index is 0.285. The summed E-state index contributed by atoms with van der Waals surface area (Å²) in [6, 6.07) is 0. The van der Waals surface area contributed by atoms with Crippen LogP contribution in [-0.2, 0) is 4.79 Å². The topological polar surface area (TPSA) is 23.6 Å². The molecule has 0 bridgehead atoms. The molecule has 1 rings (SSSR count). The van der Waals surface area contributed by atoms with Gasteiger partial charge < -0.3 is 9.80 Å². The lowest BCUT2D eigenvalue weighted by molar-refractivity contribution is -0.119. The maximum atomic E-state index is 11.3. The summed E-state index contributed by atoms with van der Waals surface area (Å²) in [5, 5.41) is 0. The van der Waals surface area contributed by atoms with Gasteiger partial charge in [-0.3, -0.25) is 4.79 Å². The molecule has 1 aliphatic heterocycles. The van der Waals surface area contributed by atoms with Crippen LogP contribution in [0.4, 0.5) is 0 Å². The molecule has 0 amide bonds. The second kappa shape index (κ2) is 5.01. The molecule has 0 aromatic carbocycles. The fourth-order valence-corrected chi connectivity index (χ4v) is 1.49. The SMILES string of the molecule is CCC(=O)CN(C)C1=CC=C(C)N(C)C1. The summed E-state index contributed by atoms with van der Waals surface area (Å²) in [5.41, 5.74) is 2.46. The van der Waals surface area contributed by atoms with E-state index in [2.05, 4.69) is 31.0 Å². The van der Waals surface area contributed by atoms with E-state index in [9.17, 15) is 4.79 Å². The van der Waals surface area contributed by atoms with Crippen molar-refractivity contribution in [2.75, 3.05) is 27.2 Å². The van der Waals surface area contributed by atoms with Gasteiger partial charge >= 0.3 is 0 Å². The zero-order valence-corrected chi connectivity index (χ0v) is 10.1. The van der Waals surface area contributed by atoms with E-state index in [1.807, 2.05) is 18.9 Å². The molecule has 0 saturated carbocycles. The van der Waals surface area contributed by atoms with Crippen molar-refractivity contribution in [1.29, 1.82) is 0 Å². The molecule has 3 heteroatoms. The Labute approximate surface area is 92.0 Å². The lowest BCUT2D eigenvalue weighted by Crippen LogP contribution is -2.33. The fourth-order valence-electron chi connectivity index (χ4n) is 1.49. The molecule has 0 saturated heterocycles. The molecular formula is C12H20N2O. The van der Waals surface area contributed by atoms with E-state index in [-0.39, 0.29) is 5.78 Å². The Kier molecular flexibility index (Phi) is 3.95. The van der Waals surface area contributed by atoms with E-state index in [4.69, 9.17) is 0 Å². The van der Waals surface area contributed by atoms with Gasteiger partial charge in [0, 0.05) is 31.9 Å². The molecule has 0 radical (unpaired) electrons.